The molecule has 0 saturated heterocycles. The molecule has 0 aromatic carbocycles. The molecule has 1 N–H and O–H groups in total. The molecule has 0 radical (unpaired) electrons. The second-order valence-corrected chi connectivity index (χ2v) is 3.53. The summed E-state index contributed by atoms with van der Waals surface area (Å²) in [7, 11) is 0. The highest BCUT2D eigenvalue weighted by atomic mass is 15.0. The number of aryl methyl sites for hydroxylation is 1. The Morgan fingerprint density at radius 2 is 2.40 bits per heavy atom. The van der Waals surface area contributed by atoms with Gasteiger partial charge in [-0.2, -0.15) is 5.26 Å². The lowest BCUT2D eigenvalue weighted by molar-refractivity contribution is 0.805. The molecule has 1 rings (SSSR count). The number of hydrogen-bond acceptors (Lipinski definition) is 3. The molecule has 0 amide bonds. The van der Waals surface area contributed by atoms with Crippen molar-refractivity contribution < 1.29 is 0 Å². The van der Waals surface area contributed by atoms with Crippen molar-refractivity contribution >= 4 is 5.82 Å². The number of pyridine rings is 1. The maximum atomic E-state index is 8.90. The number of rotatable bonds is 4. The zero-order valence-electron chi connectivity index (χ0n) is 9.12. The van der Waals surface area contributed by atoms with Crippen LogP contribution in [0.1, 0.15) is 24.6 Å². The quantitative estimate of drug-likeness (QED) is 0.762. The van der Waals surface area contributed by atoms with Gasteiger partial charge >= 0.3 is 0 Å². The highest BCUT2D eigenvalue weighted by Gasteiger charge is 2.06. The van der Waals surface area contributed by atoms with Crippen LogP contribution in [0.25, 0.3) is 0 Å². The van der Waals surface area contributed by atoms with E-state index < -0.39 is 0 Å². The molecule has 3 heteroatoms. The number of nitrogens with one attached hydrogen (secondary N) is 1. The van der Waals surface area contributed by atoms with E-state index in [1.165, 1.54) is 0 Å². The zero-order valence-corrected chi connectivity index (χ0v) is 9.12. The van der Waals surface area contributed by atoms with Crippen LogP contribution < -0.4 is 5.32 Å². The van der Waals surface area contributed by atoms with Crippen LogP contribution in [0, 0.1) is 18.3 Å². The minimum atomic E-state index is 0.240. The van der Waals surface area contributed by atoms with Crippen molar-refractivity contribution in [1.82, 2.24) is 4.98 Å². The monoisotopic (exact) mass is 201 g/mol. The highest BCUT2D eigenvalue weighted by molar-refractivity contribution is 5.52. The van der Waals surface area contributed by atoms with Crippen molar-refractivity contribution in [3.8, 4) is 6.07 Å². The van der Waals surface area contributed by atoms with Gasteiger partial charge in [-0.05, 0) is 32.4 Å². The van der Waals surface area contributed by atoms with Crippen molar-refractivity contribution in [3.63, 3.8) is 0 Å². The van der Waals surface area contributed by atoms with Gasteiger partial charge in [-0.3, -0.25) is 0 Å². The summed E-state index contributed by atoms with van der Waals surface area (Å²) in [4.78, 5) is 4.30. The van der Waals surface area contributed by atoms with E-state index in [1.54, 1.807) is 6.07 Å². The first-order valence-electron chi connectivity index (χ1n) is 4.92. The Bertz CT molecular complexity index is 390. The van der Waals surface area contributed by atoms with E-state index in [1.807, 2.05) is 26.0 Å². The van der Waals surface area contributed by atoms with Crippen LogP contribution in [0.5, 0.6) is 0 Å². The molecular weight excluding hydrogens is 186 g/mol. The van der Waals surface area contributed by atoms with Crippen LogP contribution in [0.2, 0.25) is 0 Å². The Morgan fingerprint density at radius 1 is 1.67 bits per heavy atom. The van der Waals surface area contributed by atoms with Gasteiger partial charge in [-0.15, -0.1) is 6.58 Å². The fourth-order valence-electron chi connectivity index (χ4n) is 1.30. The molecule has 0 saturated carbocycles. The number of hydrogen-bond donors (Lipinski definition) is 1. The molecule has 0 aliphatic heterocycles. The average molecular weight is 201 g/mol. The summed E-state index contributed by atoms with van der Waals surface area (Å²) in [6.07, 6.45) is 2.69. The normalized spacial score (nSPS) is 11.5. The van der Waals surface area contributed by atoms with Gasteiger partial charge in [0.05, 0.1) is 5.56 Å². The van der Waals surface area contributed by atoms with Crippen molar-refractivity contribution in [1.29, 1.82) is 5.26 Å². The molecule has 15 heavy (non-hydrogen) atoms. The second-order valence-electron chi connectivity index (χ2n) is 3.53. The summed E-state index contributed by atoms with van der Waals surface area (Å²) in [6, 6.07) is 5.98. The molecule has 0 fully saturated rings. The average Bonchev–Trinajstić information content (AvgIpc) is 2.18. The van der Waals surface area contributed by atoms with Gasteiger partial charge in [-0.1, -0.05) is 6.08 Å². The number of nitriles is 1. The third kappa shape index (κ3) is 3.10. The first-order chi connectivity index (χ1) is 7.17. The summed E-state index contributed by atoms with van der Waals surface area (Å²) >= 11 is 0. The minimum Gasteiger partial charge on any atom is -0.366 e. The second kappa shape index (κ2) is 5.16. The largest absolute Gasteiger partial charge is 0.366 e. The Hall–Kier alpha value is -1.82. The molecule has 3 nitrogen and oxygen atoms in total. The summed E-state index contributed by atoms with van der Waals surface area (Å²) in [6.45, 7) is 7.62. The molecule has 1 atom stereocenters. The summed E-state index contributed by atoms with van der Waals surface area (Å²) in [5.41, 5.74) is 1.49. The minimum absolute atomic E-state index is 0.240. The smallest absolute Gasteiger partial charge is 0.144 e. The molecule has 0 aliphatic carbocycles. The molecular formula is C12H15N3. The van der Waals surface area contributed by atoms with E-state index in [-0.39, 0.29) is 6.04 Å². The molecule has 0 aliphatic rings. The molecule has 1 unspecified atom stereocenters. The third-order valence-corrected chi connectivity index (χ3v) is 2.06. The van der Waals surface area contributed by atoms with Gasteiger partial charge in [0.2, 0.25) is 0 Å². The van der Waals surface area contributed by atoms with Gasteiger partial charge in [0.25, 0.3) is 0 Å². The molecule has 1 aromatic rings. The molecule has 1 aromatic heterocycles. The van der Waals surface area contributed by atoms with Gasteiger partial charge in [0, 0.05) is 11.7 Å². The van der Waals surface area contributed by atoms with E-state index >= 15 is 0 Å². The fraction of sp³-hybridized carbons (Fsp3) is 0.333. The number of anilines is 1. The highest BCUT2D eigenvalue weighted by Crippen LogP contribution is 2.14. The Balaban J connectivity index is 2.88. The Kier molecular flexibility index (Phi) is 3.87. The molecule has 1 heterocycles. The molecule has 0 bridgehead atoms. The van der Waals surface area contributed by atoms with Gasteiger partial charge < -0.3 is 5.32 Å². The van der Waals surface area contributed by atoms with Crippen LogP contribution in [0.4, 0.5) is 5.82 Å². The van der Waals surface area contributed by atoms with E-state index in [4.69, 9.17) is 5.26 Å². The predicted octanol–water partition coefficient (Wildman–Crippen LogP) is 2.64. The predicted molar refractivity (Wildman–Crippen MR) is 61.6 cm³/mol. The summed E-state index contributed by atoms with van der Waals surface area (Å²) in [5, 5.41) is 12.1. The van der Waals surface area contributed by atoms with Crippen molar-refractivity contribution in [2.45, 2.75) is 26.3 Å². The topological polar surface area (TPSA) is 48.7 Å². The zero-order chi connectivity index (χ0) is 11.3. The van der Waals surface area contributed by atoms with Crippen LogP contribution in [0.3, 0.4) is 0 Å². The first kappa shape index (κ1) is 11.3. The van der Waals surface area contributed by atoms with E-state index in [9.17, 15) is 0 Å². The van der Waals surface area contributed by atoms with Crippen LogP contribution in [-0.2, 0) is 0 Å². The Labute approximate surface area is 90.5 Å². The maximum Gasteiger partial charge on any atom is 0.144 e. The van der Waals surface area contributed by atoms with E-state index in [0.29, 0.717) is 11.4 Å². The standard InChI is InChI=1S/C12H15N3/c1-4-5-9(2)14-12-11(8-13)7-6-10(3)15-12/h4,6-7,9H,1,5H2,2-3H3,(H,14,15). The van der Waals surface area contributed by atoms with Gasteiger partial charge in [0.1, 0.15) is 11.9 Å². The summed E-state index contributed by atoms with van der Waals surface area (Å²) in [5.74, 6) is 0.659. The lowest BCUT2D eigenvalue weighted by Crippen LogP contribution is -2.16. The third-order valence-electron chi connectivity index (χ3n) is 2.06. The number of nitrogens with zero attached hydrogens (tertiary/aromatic N) is 2. The number of aromatic nitrogens is 1. The van der Waals surface area contributed by atoms with Crippen molar-refractivity contribution in [3.05, 3.63) is 36.0 Å². The lowest BCUT2D eigenvalue weighted by atomic mass is 10.2. The molecule has 0 spiro atoms. The SMILES string of the molecule is C=CCC(C)Nc1nc(C)ccc1C#N. The van der Waals surface area contributed by atoms with Crippen LogP contribution in [0.15, 0.2) is 24.8 Å². The fourth-order valence-corrected chi connectivity index (χ4v) is 1.30. The van der Waals surface area contributed by atoms with E-state index in [0.717, 1.165) is 12.1 Å². The van der Waals surface area contributed by atoms with Crippen LogP contribution >= 0.6 is 0 Å². The maximum absolute atomic E-state index is 8.90. The van der Waals surface area contributed by atoms with Crippen LogP contribution in [-0.4, -0.2) is 11.0 Å². The lowest BCUT2D eigenvalue weighted by Gasteiger charge is -2.13. The van der Waals surface area contributed by atoms with Crippen molar-refractivity contribution in [2.24, 2.45) is 0 Å². The van der Waals surface area contributed by atoms with Gasteiger partial charge in [-0.25, -0.2) is 4.98 Å². The summed E-state index contributed by atoms with van der Waals surface area (Å²) < 4.78 is 0. The molecule has 78 valence electrons. The Morgan fingerprint density at radius 3 is 3.00 bits per heavy atom. The van der Waals surface area contributed by atoms with Gasteiger partial charge in [0.15, 0.2) is 0 Å². The van der Waals surface area contributed by atoms with Crippen molar-refractivity contribution in [2.75, 3.05) is 5.32 Å². The van der Waals surface area contributed by atoms with E-state index in [2.05, 4.69) is 22.9 Å². The first-order valence-corrected chi connectivity index (χ1v) is 4.92.